The zero-order chi connectivity index (χ0) is 15.4. The highest BCUT2D eigenvalue weighted by molar-refractivity contribution is 7.13. The molecule has 3 rings (SSSR count). The molecule has 0 radical (unpaired) electrons. The number of aromatic nitrogens is 1. The number of hydrazone groups is 1. The molecule has 0 amide bonds. The summed E-state index contributed by atoms with van der Waals surface area (Å²) in [5.41, 5.74) is 6.89. The lowest BCUT2D eigenvalue weighted by atomic mass is 10.0. The van der Waals surface area contributed by atoms with Crippen LogP contribution >= 0.6 is 11.3 Å². The molecule has 3 aromatic rings. The largest absolute Gasteiger partial charge is 0.253 e. The number of hydrogen-bond acceptors (Lipinski definition) is 4. The Morgan fingerprint density at radius 2 is 1.68 bits per heavy atom. The number of benzene rings is 2. The Morgan fingerprint density at radius 1 is 1.05 bits per heavy atom. The monoisotopic (exact) mass is 311 g/mol. The van der Waals surface area contributed by atoms with Gasteiger partial charge in [0.1, 0.15) is 5.82 Å². The van der Waals surface area contributed by atoms with Crippen LogP contribution in [0, 0.1) is 12.7 Å². The van der Waals surface area contributed by atoms with Crippen molar-refractivity contribution in [3.05, 3.63) is 71.0 Å². The Bertz CT molecular complexity index is 776. The van der Waals surface area contributed by atoms with Gasteiger partial charge in [0, 0.05) is 5.38 Å². The second kappa shape index (κ2) is 6.49. The van der Waals surface area contributed by atoms with Crippen LogP contribution in [0.15, 0.2) is 59.0 Å². The van der Waals surface area contributed by atoms with Crippen molar-refractivity contribution in [2.75, 3.05) is 5.43 Å². The molecule has 2 aromatic carbocycles. The Labute approximate surface area is 132 Å². The molecule has 0 fully saturated rings. The number of rotatable bonds is 4. The first-order chi connectivity index (χ1) is 10.7. The van der Waals surface area contributed by atoms with E-state index < -0.39 is 0 Å². The van der Waals surface area contributed by atoms with Crippen molar-refractivity contribution in [3.8, 4) is 11.1 Å². The highest BCUT2D eigenvalue weighted by atomic mass is 32.1. The second-order valence-corrected chi connectivity index (χ2v) is 5.65. The summed E-state index contributed by atoms with van der Waals surface area (Å²) in [7, 11) is 0. The van der Waals surface area contributed by atoms with Crippen LogP contribution < -0.4 is 5.43 Å². The summed E-state index contributed by atoms with van der Waals surface area (Å²) < 4.78 is 12.9. The maximum absolute atomic E-state index is 12.9. The van der Waals surface area contributed by atoms with Gasteiger partial charge >= 0.3 is 0 Å². The lowest BCUT2D eigenvalue weighted by Gasteiger charge is -2.02. The maximum atomic E-state index is 12.9. The molecule has 110 valence electrons. The van der Waals surface area contributed by atoms with Crippen LogP contribution in [0.3, 0.4) is 0 Å². The Hall–Kier alpha value is -2.53. The molecular weight excluding hydrogens is 297 g/mol. The van der Waals surface area contributed by atoms with Gasteiger partial charge in [-0.2, -0.15) is 5.10 Å². The summed E-state index contributed by atoms with van der Waals surface area (Å²) in [5, 5.41) is 6.90. The highest BCUT2D eigenvalue weighted by Crippen LogP contribution is 2.20. The predicted octanol–water partition coefficient (Wildman–Crippen LogP) is 4.70. The summed E-state index contributed by atoms with van der Waals surface area (Å²) in [6.45, 7) is 1.94. The predicted molar refractivity (Wildman–Crippen MR) is 89.9 cm³/mol. The molecule has 0 aliphatic rings. The van der Waals surface area contributed by atoms with E-state index in [9.17, 15) is 4.39 Å². The van der Waals surface area contributed by atoms with Crippen LogP contribution in [0.2, 0.25) is 0 Å². The van der Waals surface area contributed by atoms with Gasteiger partial charge in [0.25, 0.3) is 0 Å². The van der Waals surface area contributed by atoms with E-state index >= 15 is 0 Å². The molecule has 0 saturated carbocycles. The van der Waals surface area contributed by atoms with Crippen LogP contribution in [-0.2, 0) is 0 Å². The summed E-state index contributed by atoms with van der Waals surface area (Å²) in [6.07, 6.45) is 1.74. The summed E-state index contributed by atoms with van der Waals surface area (Å²) >= 11 is 1.52. The van der Waals surface area contributed by atoms with E-state index in [1.165, 1.54) is 23.5 Å². The maximum Gasteiger partial charge on any atom is 0.203 e. The average molecular weight is 311 g/mol. The van der Waals surface area contributed by atoms with Crippen molar-refractivity contribution >= 4 is 22.7 Å². The van der Waals surface area contributed by atoms with Gasteiger partial charge in [-0.1, -0.05) is 36.4 Å². The minimum Gasteiger partial charge on any atom is -0.253 e. The molecule has 0 bridgehead atoms. The topological polar surface area (TPSA) is 37.3 Å². The number of nitrogens with zero attached hydrogens (tertiary/aromatic N) is 2. The van der Waals surface area contributed by atoms with Crippen LogP contribution in [-0.4, -0.2) is 11.2 Å². The molecule has 0 aliphatic carbocycles. The zero-order valence-corrected chi connectivity index (χ0v) is 12.8. The Morgan fingerprint density at radius 3 is 2.27 bits per heavy atom. The normalized spacial score (nSPS) is 11.0. The van der Waals surface area contributed by atoms with Gasteiger partial charge < -0.3 is 0 Å². The summed E-state index contributed by atoms with van der Waals surface area (Å²) in [4.78, 5) is 4.27. The third-order valence-corrected chi connectivity index (χ3v) is 3.95. The third-order valence-electron chi connectivity index (χ3n) is 3.08. The SMILES string of the molecule is Cc1csc(NN=Cc2ccc(-c3ccc(F)cc3)cc2)n1. The molecule has 0 atom stereocenters. The molecule has 0 aliphatic heterocycles. The molecule has 1 N–H and O–H groups in total. The molecule has 0 saturated heterocycles. The molecule has 5 heteroatoms. The third kappa shape index (κ3) is 3.56. The fraction of sp³-hybridized carbons (Fsp3) is 0.0588. The summed E-state index contributed by atoms with van der Waals surface area (Å²) in [6, 6.07) is 14.4. The molecule has 22 heavy (non-hydrogen) atoms. The van der Waals surface area contributed by atoms with Gasteiger partial charge in [-0.3, -0.25) is 5.43 Å². The van der Waals surface area contributed by atoms with Crippen molar-refractivity contribution in [1.82, 2.24) is 4.98 Å². The average Bonchev–Trinajstić information content (AvgIpc) is 2.94. The molecular formula is C17H14FN3S. The van der Waals surface area contributed by atoms with E-state index in [0.717, 1.165) is 27.5 Å². The first-order valence-electron chi connectivity index (χ1n) is 6.78. The standard InChI is InChI=1S/C17H14FN3S/c1-12-11-22-17(20-12)21-19-10-13-2-4-14(5-3-13)15-6-8-16(18)9-7-15/h2-11H,1H3,(H,20,21). The van der Waals surface area contributed by atoms with Crippen molar-refractivity contribution < 1.29 is 4.39 Å². The van der Waals surface area contributed by atoms with Gasteiger partial charge in [-0.15, -0.1) is 11.3 Å². The number of anilines is 1. The van der Waals surface area contributed by atoms with Crippen molar-refractivity contribution in [1.29, 1.82) is 0 Å². The van der Waals surface area contributed by atoms with Gasteiger partial charge in [0.2, 0.25) is 5.13 Å². The molecule has 3 nitrogen and oxygen atoms in total. The number of hydrogen-bond donors (Lipinski definition) is 1. The number of aryl methyl sites for hydroxylation is 1. The van der Waals surface area contributed by atoms with Crippen molar-refractivity contribution in [2.24, 2.45) is 5.10 Å². The Balaban J connectivity index is 1.67. The van der Waals surface area contributed by atoms with Crippen LogP contribution in [0.1, 0.15) is 11.3 Å². The Kier molecular flexibility index (Phi) is 4.25. The molecule has 0 spiro atoms. The van der Waals surface area contributed by atoms with E-state index in [2.05, 4.69) is 15.5 Å². The number of nitrogens with one attached hydrogen (secondary N) is 1. The lowest BCUT2D eigenvalue weighted by molar-refractivity contribution is 0.628. The molecule has 1 heterocycles. The van der Waals surface area contributed by atoms with Crippen LogP contribution in [0.5, 0.6) is 0 Å². The van der Waals surface area contributed by atoms with Crippen LogP contribution in [0.4, 0.5) is 9.52 Å². The van der Waals surface area contributed by atoms with E-state index in [-0.39, 0.29) is 5.82 Å². The minimum absolute atomic E-state index is 0.226. The van der Waals surface area contributed by atoms with Gasteiger partial charge in [0.15, 0.2) is 0 Å². The molecule has 0 unspecified atom stereocenters. The second-order valence-electron chi connectivity index (χ2n) is 4.79. The van der Waals surface area contributed by atoms with E-state index in [0.29, 0.717) is 0 Å². The fourth-order valence-corrected chi connectivity index (χ4v) is 2.61. The first-order valence-corrected chi connectivity index (χ1v) is 7.66. The van der Waals surface area contributed by atoms with Crippen LogP contribution in [0.25, 0.3) is 11.1 Å². The van der Waals surface area contributed by atoms with Gasteiger partial charge in [0.05, 0.1) is 11.9 Å². The quantitative estimate of drug-likeness (QED) is 0.560. The van der Waals surface area contributed by atoms with Crippen molar-refractivity contribution in [3.63, 3.8) is 0 Å². The number of thiazole rings is 1. The first kappa shape index (κ1) is 14.4. The van der Waals surface area contributed by atoms with E-state index in [1.54, 1.807) is 18.3 Å². The number of halogens is 1. The lowest BCUT2D eigenvalue weighted by Crippen LogP contribution is -1.90. The van der Waals surface area contributed by atoms with E-state index in [1.807, 2.05) is 36.6 Å². The van der Waals surface area contributed by atoms with Crippen molar-refractivity contribution in [2.45, 2.75) is 6.92 Å². The smallest absolute Gasteiger partial charge is 0.203 e. The summed E-state index contributed by atoms with van der Waals surface area (Å²) in [5.74, 6) is -0.226. The zero-order valence-electron chi connectivity index (χ0n) is 12.0. The molecule has 1 aromatic heterocycles. The fourth-order valence-electron chi connectivity index (χ4n) is 1.97. The van der Waals surface area contributed by atoms with Gasteiger partial charge in [-0.05, 0) is 35.7 Å². The van der Waals surface area contributed by atoms with Gasteiger partial charge in [-0.25, -0.2) is 9.37 Å². The highest BCUT2D eigenvalue weighted by Gasteiger charge is 1.98. The minimum atomic E-state index is -0.226. The van der Waals surface area contributed by atoms with E-state index in [4.69, 9.17) is 0 Å².